The third-order valence-electron chi connectivity index (χ3n) is 3.70. The van der Waals surface area contributed by atoms with Crippen molar-refractivity contribution in [3.8, 4) is 0 Å². The molecule has 1 aliphatic heterocycles. The summed E-state index contributed by atoms with van der Waals surface area (Å²) < 4.78 is 24.8. The van der Waals surface area contributed by atoms with Crippen molar-refractivity contribution in [1.82, 2.24) is 4.90 Å². The standard InChI is InChI=1S/C19H24FNO4/c1-5-24-16(22)9-8-13-6-7-14-12-21(11-10-15(14)17(13)20)18(23)25-19(2,3)4/h6-9H,5,10-12H2,1-4H3/b9-8+. The second-order valence-electron chi connectivity index (χ2n) is 6.84. The van der Waals surface area contributed by atoms with Crippen molar-refractivity contribution in [1.29, 1.82) is 0 Å². The molecule has 6 heteroatoms. The number of fused-ring (bicyclic) bond motifs is 1. The van der Waals surface area contributed by atoms with Crippen LogP contribution in [0.25, 0.3) is 6.08 Å². The number of carbonyl (C=O) groups excluding carboxylic acids is 2. The summed E-state index contributed by atoms with van der Waals surface area (Å²) in [6.45, 7) is 8.12. The van der Waals surface area contributed by atoms with E-state index in [1.807, 2.05) is 20.8 Å². The number of esters is 1. The molecule has 0 saturated carbocycles. The average Bonchev–Trinajstić information content (AvgIpc) is 2.52. The molecule has 0 radical (unpaired) electrons. The van der Waals surface area contributed by atoms with Crippen molar-refractivity contribution in [3.05, 3.63) is 40.7 Å². The molecule has 1 aromatic rings. The van der Waals surface area contributed by atoms with E-state index < -0.39 is 17.7 Å². The number of carbonyl (C=O) groups is 2. The van der Waals surface area contributed by atoms with Gasteiger partial charge in [0, 0.05) is 24.7 Å². The predicted octanol–water partition coefficient (Wildman–Crippen LogP) is 3.70. The molecule has 1 aliphatic rings. The molecule has 0 aromatic heterocycles. The summed E-state index contributed by atoms with van der Waals surface area (Å²) >= 11 is 0. The van der Waals surface area contributed by atoms with Crippen LogP contribution in [-0.2, 0) is 27.2 Å². The van der Waals surface area contributed by atoms with Crippen LogP contribution in [0.15, 0.2) is 18.2 Å². The lowest BCUT2D eigenvalue weighted by molar-refractivity contribution is -0.137. The number of benzene rings is 1. The first kappa shape index (κ1) is 19.0. The highest BCUT2D eigenvalue weighted by molar-refractivity contribution is 5.87. The molecule has 136 valence electrons. The second-order valence-corrected chi connectivity index (χ2v) is 6.84. The van der Waals surface area contributed by atoms with Crippen LogP contribution < -0.4 is 0 Å². The second kappa shape index (κ2) is 7.68. The number of halogens is 1. The van der Waals surface area contributed by atoms with E-state index in [9.17, 15) is 14.0 Å². The fourth-order valence-electron chi connectivity index (χ4n) is 2.59. The molecule has 0 saturated heterocycles. The Morgan fingerprint density at radius 3 is 2.68 bits per heavy atom. The fraction of sp³-hybridized carbons (Fsp3) is 0.474. The van der Waals surface area contributed by atoms with Crippen LogP contribution in [-0.4, -0.2) is 35.7 Å². The monoisotopic (exact) mass is 349 g/mol. The maximum Gasteiger partial charge on any atom is 0.410 e. The molecule has 0 unspecified atom stereocenters. The third-order valence-corrected chi connectivity index (χ3v) is 3.70. The molecule has 1 amide bonds. The van der Waals surface area contributed by atoms with Gasteiger partial charge >= 0.3 is 12.1 Å². The number of hydrogen-bond donors (Lipinski definition) is 0. The first-order valence-electron chi connectivity index (χ1n) is 8.34. The minimum Gasteiger partial charge on any atom is -0.463 e. The van der Waals surface area contributed by atoms with Crippen molar-refractivity contribution in [2.24, 2.45) is 0 Å². The molecular formula is C19H24FNO4. The highest BCUT2D eigenvalue weighted by atomic mass is 19.1. The van der Waals surface area contributed by atoms with Crippen LogP contribution in [0.4, 0.5) is 9.18 Å². The molecule has 0 fully saturated rings. The molecule has 1 heterocycles. The van der Waals surface area contributed by atoms with E-state index >= 15 is 0 Å². The first-order valence-corrected chi connectivity index (χ1v) is 8.34. The van der Waals surface area contributed by atoms with E-state index in [0.29, 0.717) is 30.6 Å². The Bertz CT molecular complexity index is 691. The van der Waals surface area contributed by atoms with Crippen LogP contribution in [0.1, 0.15) is 44.4 Å². The summed E-state index contributed by atoms with van der Waals surface area (Å²) in [4.78, 5) is 25.1. The zero-order valence-corrected chi connectivity index (χ0v) is 15.1. The van der Waals surface area contributed by atoms with Gasteiger partial charge in [0.05, 0.1) is 6.61 Å². The summed E-state index contributed by atoms with van der Waals surface area (Å²) in [5.74, 6) is -0.863. The Morgan fingerprint density at radius 2 is 2.04 bits per heavy atom. The minimum atomic E-state index is -0.565. The van der Waals surface area contributed by atoms with Gasteiger partial charge in [0.15, 0.2) is 0 Å². The minimum absolute atomic E-state index is 0.274. The van der Waals surface area contributed by atoms with Crippen LogP contribution in [0, 0.1) is 5.82 Å². The van der Waals surface area contributed by atoms with E-state index in [0.717, 1.165) is 5.56 Å². The Hall–Kier alpha value is -2.37. The summed E-state index contributed by atoms with van der Waals surface area (Å²) in [6, 6.07) is 3.38. The van der Waals surface area contributed by atoms with E-state index in [1.54, 1.807) is 24.0 Å². The van der Waals surface area contributed by atoms with Crippen LogP contribution in [0.5, 0.6) is 0 Å². The van der Waals surface area contributed by atoms with Crippen LogP contribution in [0.2, 0.25) is 0 Å². The van der Waals surface area contributed by atoms with Gasteiger partial charge in [0.1, 0.15) is 11.4 Å². The lowest BCUT2D eigenvalue weighted by Gasteiger charge is -2.31. The van der Waals surface area contributed by atoms with E-state index in [4.69, 9.17) is 9.47 Å². The van der Waals surface area contributed by atoms with Gasteiger partial charge in [-0.2, -0.15) is 0 Å². The first-order chi connectivity index (χ1) is 11.7. The predicted molar refractivity (Wildman–Crippen MR) is 92.4 cm³/mol. The summed E-state index contributed by atoms with van der Waals surface area (Å²) in [5, 5.41) is 0. The number of amides is 1. The molecule has 0 atom stereocenters. The van der Waals surface area contributed by atoms with Crippen molar-refractivity contribution in [2.45, 2.75) is 46.3 Å². The fourth-order valence-corrected chi connectivity index (χ4v) is 2.59. The normalized spacial score (nSPS) is 14.4. The molecule has 0 bridgehead atoms. The Balaban J connectivity index is 2.13. The molecule has 0 spiro atoms. The highest BCUT2D eigenvalue weighted by Crippen LogP contribution is 2.26. The highest BCUT2D eigenvalue weighted by Gasteiger charge is 2.27. The van der Waals surface area contributed by atoms with E-state index in [1.165, 1.54) is 12.2 Å². The number of hydrogen-bond acceptors (Lipinski definition) is 4. The van der Waals surface area contributed by atoms with Gasteiger partial charge in [-0.05, 0) is 51.3 Å². The van der Waals surface area contributed by atoms with Gasteiger partial charge in [-0.25, -0.2) is 14.0 Å². The third kappa shape index (κ3) is 5.05. The van der Waals surface area contributed by atoms with Gasteiger partial charge in [-0.15, -0.1) is 0 Å². The quantitative estimate of drug-likeness (QED) is 0.617. The van der Waals surface area contributed by atoms with Gasteiger partial charge in [0.25, 0.3) is 0 Å². The summed E-state index contributed by atoms with van der Waals surface area (Å²) in [5.41, 5.74) is 1.09. The largest absolute Gasteiger partial charge is 0.463 e. The topological polar surface area (TPSA) is 55.8 Å². The zero-order valence-electron chi connectivity index (χ0n) is 15.1. The van der Waals surface area contributed by atoms with Crippen molar-refractivity contribution >= 4 is 18.1 Å². The lowest BCUT2D eigenvalue weighted by atomic mass is 9.96. The van der Waals surface area contributed by atoms with Gasteiger partial charge in [0.2, 0.25) is 0 Å². The number of ether oxygens (including phenoxy) is 2. The molecule has 5 nitrogen and oxygen atoms in total. The van der Waals surface area contributed by atoms with Gasteiger partial charge in [-0.3, -0.25) is 0 Å². The van der Waals surface area contributed by atoms with Gasteiger partial charge < -0.3 is 14.4 Å². The van der Waals surface area contributed by atoms with E-state index in [-0.39, 0.29) is 12.4 Å². The molecular weight excluding hydrogens is 325 g/mol. The van der Waals surface area contributed by atoms with Crippen LogP contribution in [0.3, 0.4) is 0 Å². The molecule has 1 aromatic carbocycles. The zero-order chi connectivity index (χ0) is 18.6. The Morgan fingerprint density at radius 1 is 1.32 bits per heavy atom. The maximum atomic E-state index is 14.7. The van der Waals surface area contributed by atoms with E-state index in [2.05, 4.69) is 0 Å². The van der Waals surface area contributed by atoms with Crippen LogP contribution >= 0.6 is 0 Å². The molecule has 2 rings (SSSR count). The summed E-state index contributed by atoms with van der Waals surface area (Å²) in [7, 11) is 0. The SMILES string of the molecule is CCOC(=O)/C=C/c1ccc2c(c1F)CCN(C(=O)OC(C)(C)C)C2. The lowest BCUT2D eigenvalue weighted by Crippen LogP contribution is -2.40. The van der Waals surface area contributed by atoms with Crippen molar-refractivity contribution < 1.29 is 23.5 Å². The van der Waals surface area contributed by atoms with Crippen molar-refractivity contribution in [2.75, 3.05) is 13.2 Å². The average molecular weight is 349 g/mol. The molecule has 25 heavy (non-hydrogen) atoms. The summed E-state index contributed by atoms with van der Waals surface area (Å²) in [6.07, 6.45) is 2.63. The molecule has 0 aliphatic carbocycles. The maximum absolute atomic E-state index is 14.7. The number of rotatable bonds is 3. The Labute approximate surface area is 147 Å². The van der Waals surface area contributed by atoms with Crippen molar-refractivity contribution in [3.63, 3.8) is 0 Å². The van der Waals surface area contributed by atoms with Gasteiger partial charge in [-0.1, -0.05) is 12.1 Å². The smallest absolute Gasteiger partial charge is 0.410 e. The molecule has 0 N–H and O–H groups in total. The number of nitrogens with zero attached hydrogens (tertiary/aromatic N) is 1. The Kier molecular flexibility index (Phi) is 5.82.